The highest BCUT2D eigenvalue weighted by Gasteiger charge is 2.52. The van der Waals surface area contributed by atoms with Crippen LogP contribution in [0.1, 0.15) is 56.1 Å². The van der Waals surface area contributed by atoms with Crippen LogP contribution in [0, 0.1) is 17.3 Å². The first-order chi connectivity index (χ1) is 9.58. The Bertz CT molecular complexity index is 577. The smallest absolute Gasteiger partial charge is 0.139 e. The standard InChI is InChI=1S/C18H22O2/c1-18-10-12-3-2-11-8-14(19)5-6-15(11)16(12)9-13(18)4-7-17(18)20/h5-6,8,12-13,16,19H,2-4,7,9-10H2,1H3/t12-,13+,16-,18+/m1/s1. The molecule has 0 radical (unpaired) electrons. The van der Waals surface area contributed by atoms with Gasteiger partial charge in [0.1, 0.15) is 11.5 Å². The molecule has 1 aromatic rings. The maximum absolute atomic E-state index is 12.3. The van der Waals surface area contributed by atoms with Crippen LogP contribution < -0.4 is 0 Å². The lowest BCUT2D eigenvalue weighted by molar-refractivity contribution is -0.129. The van der Waals surface area contributed by atoms with E-state index in [9.17, 15) is 9.90 Å². The van der Waals surface area contributed by atoms with Crippen molar-refractivity contribution >= 4 is 5.78 Å². The number of phenolic OH excluding ortho intramolecular Hbond substituents is 1. The molecule has 2 fully saturated rings. The van der Waals surface area contributed by atoms with Gasteiger partial charge in [-0.3, -0.25) is 4.79 Å². The Hall–Kier alpha value is -1.31. The van der Waals surface area contributed by atoms with Gasteiger partial charge in [-0.05, 0) is 73.1 Å². The second kappa shape index (κ2) is 4.09. The zero-order valence-electron chi connectivity index (χ0n) is 12.1. The summed E-state index contributed by atoms with van der Waals surface area (Å²) in [5.41, 5.74) is 2.75. The van der Waals surface area contributed by atoms with Gasteiger partial charge in [0.05, 0.1) is 0 Å². The molecule has 4 atom stereocenters. The number of fused-ring (bicyclic) bond motifs is 4. The number of carbonyl (C=O) groups is 1. The number of benzene rings is 1. The summed E-state index contributed by atoms with van der Waals surface area (Å²) in [6, 6.07) is 5.90. The molecule has 106 valence electrons. The highest BCUT2D eigenvalue weighted by molar-refractivity contribution is 5.87. The molecule has 2 nitrogen and oxygen atoms in total. The van der Waals surface area contributed by atoms with E-state index in [2.05, 4.69) is 13.0 Å². The highest BCUT2D eigenvalue weighted by Crippen LogP contribution is 2.58. The van der Waals surface area contributed by atoms with Gasteiger partial charge >= 0.3 is 0 Å². The molecule has 20 heavy (non-hydrogen) atoms. The third kappa shape index (κ3) is 1.60. The molecule has 2 heteroatoms. The Morgan fingerprint density at radius 2 is 2.10 bits per heavy atom. The maximum Gasteiger partial charge on any atom is 0.139 e. The van der Waals surface area contributed by atoms with Crippen LogP contribution in [0.15, 0.2) is 18.2 Å². The third-order valence-electron chi connectivity index (χ3n) is 6.36. The largest absolute Gasteiger partial charge is 0.508 e. The van der Waals surface area contributed by atoms with Crippen molar-refractivity contribution in [3.63, 3.8) is 0 Å². The molecule has 0 saturated heterocycles. The zero-order chi connectivity index (χ0) is 13.9. The number of ketones is 1. The molecule has 1 aromatic carbocycles. The van der Waals surface area contributed by atoms with E-state index < -0.39 is 0 Å². The molecule has 0 bridgehead atoms. The number of carbonyl (C=O) groups excluding carboxylic acids is 1. The summed E-state index contributed by atoms with van der Waals surface area (Å²) in [7, 11) is 0. The number of phenols is 1. The average molecular weight is 270 g/mol. The van der Waals surface area contributed by atoms with Gasteiger partial charge in [-0.2, -0.15) is 0 Å². The fourth-order valence-corrected chi connectivity index (χ4v) is 5.18. The maximum atomic E-state index is 12.3. The van der Waals surface area contributed by atoms with Crippen molar-refractivity contribution in [2.75, 3.05) is 0 Å². The molecule has 0 aromatic heterocycles. The first kappa shape index (κ1) is 12.4. The van der Waals surface area contributed by atoms with Gasteiger partial charge in [0.25, 0.3) is 0 Å². The minimum Gasteiger partial charge on any atom is -0.508 e. The normalized spacial score (nSPS) is 39.0. The van der Waals surface area contributed by atoms with Gasteiger partial charge in [-0.1, -0.05) is 13.0 Å². The quantitative estimate of drug-likeness (QED) is 0.778. The topological polar surface area (TPSA) is 37.3 Å². The molecule has 2 saturated carbocycles. The Labute approximate surface area is 120 Å². The molecule has 0 spiro atoms. The Kier molecular flexibility index (Phi) is 2.55. The summed E-state index contributed by atoms with van der Waals surface area (Å²) in [4.78, 5) is 12.3. The first-order valence-electron chi connectivity index (χ1n) is 7.93. The summed E-state index contributed by atoms with van der Waals surface area (Å²) in [5, 5.41) is 9.67. The summed E-state index contributed by atoms with van der Waals surface area (Å²) in [6.07, 6.45) is 6.37. The predicted octanol–water partition coefficient (Wildman–Crippen LogP) is 3.82. The van der Waals surface area contributed by atoms with Gasteiger partial charge < -0.3 is 5.11 Å². The van der Waals surface area contributed by atoms with Crippen LogP contribution in [0.3, 0.4) is 0 Å². The van der Waals surface area contributed by atoms with Crippen LogP contribution in [0.5, 0.6) is 5.75 Å². The minimum absolute atomic E-state index is 0.0322. The van der Waals surface area contributed by atoms with Gasteiger partial charge in [0.15, 0.2) is 0 Å². The van der Waals surface area contributed by atoms with Crippen LogP contribution in [-0.2, 0) is 11.2 Å². The lowest BCUT2D eigenvalue weighted by Crippen LogP contribution is -2.40. The van der Waals surface area contributed by atoms with E-state index in [0.29, 0.717) is 29.3 Å². The molecule has 4 rings (SSSR count). The number of Topliss-reactive ketones (excluding diaryl/α,β-unsaturated/α-hetero) is 1. The van der Waals surface area contributed by atoms with E-state index in [-0.39, 0.29) is 5.41 Å². The Balaban J connectivity index is 1.71. The summed E-state index contributed by atoms with van der Waals surface area (Å²) in [5.74, 6) is 2.76. The molecule has 1 N–H and O–H groups in total. The van der Waals surface area contributed by atoms with Crippen molar-refractivity contribution in [1.82, 2.24) is 0 Å². The van der Waals surface area contributed by atoms with Gasteiger partial charge in [0, 0.05) is 11.8 Å². The SMILES string of the molecule is C[C@]12C[C@H]3CCc4cc(O)ccc4[C@@H]3C[C@@H]1CCC2=O. The zero-order valence-corrected chi connectivity index (χ0v) is 12.1. The lowest BCUT2D eigenvalue weighted by Gasteiger charge is -2.47. The van der Waals surface area contributed by atoms with Crippen LogP contribution in [0.4, 0.5) is 0 Å². The molecular weight excluding hydrogens is 248 g/mol. The van der Waals surface area contributed by atoms with E-state index in [0.717, 1.165) is 25.7 Å². The number of rotatable bonds is 0. The second-order valence-electron chi connectivity index (χ2n) is 7.30. The van der Waals surface area contributed by atoms with Crippen molar-refractivity contribution in [1.29, 1.82) is 0 Å². The van der Waals surface area contributed by atoms with Crippen molar-refractivity contribution in [3.05, 3.63) is 29.3 Å². The molecule has 3 aliphatic rings. The van der Waals surface area contributed by atoms with Crippen molar-refractivity contribution in [3.8, 4) is 5.75 Å². The van der Waals surface area contributed by atoms with E-state index in [1.54, 1.807) is 0 Å². The van der Waals surface area contributed by atoms with Crippen molar-refractivity contribution < 1.29 is 9.90 Å². The molecular formula is C18H22O2. The first-order valence-corrected chi connectivity index (χ1v) is 7.93. The summed E-state index contributed by atoms with van der Waals surface area (Å²) in [6.45, 7) is 2.22. The number of aryl methyl sites for hydroxylation is 1. The fraction of sp³-hybridized carbons (Fsp3) is 0.611. The van der Waals surface area contributed by atoms with E-state index in [1.807, 2.05) is 12.1 Å². The summed E-state index contributed by atoms with van der Waals surface area (Å²) >= 11 is 0. The average Bonchev–Trinajstić information content (AvgIpc) is 2.71. The molecule has 0 unspecified atom stereocenters. The lowest BCUT2D eigenvalue weighted by atomic mass is 9.57. The van der Waals surface area contributed by atoms with E-state index >= 15 is 0 Å². The van der Waals surface area contributed by atoms with E-state index in [4.69, 9.17) is 0 Å². The number of hydrogen-bond donors (Lipinski definition) is 1. The van der Waals surface area contributed by atoms with Crippen LogP contribution in [0.2, 0.25) is 0 Å². The minimum atomic E-state index is -0.0322. The van der Waals surface area contributed by atoms with Gasteiger partial charge in [0.2, 0.25) is 0 Å². The summed E-state index contributed by atoms with van der Waals surface area (Å²) < 4.78 is 0. The molecule has 0 aliphatic heterocycles. The monoisotopic (exact) mass is 270 g/mol. The van der Waals surface area contributed by atoms with Crippen LogP contribution in [0.25, 0.3) is 0 Å². The van der Waals surface area contributed by atoms with E-state index in [1.165, 1.54) is 24.0 Å². The predicted molar refractivity (Wildman–Crippen MR) is 77.7 cm³/mol. The van der Waals surface area contributed by atoms with Crippen molar-refractivity contribution in [2.45, 2.75) is 51.4 Å². The van der Waals surface area contributed by atoms with Gasteiger partial charge in [-0.25, -0.2) is 0 Å². The highest BCUT2D eigenvalue weighted by atomic mass is 16.3. The van der Waals surface area contributed by atoms with Crippen LogP contribution in [-0.4, -0.2) is 10.9 Å². The number of hydrogen-bond acceptors (Lipinski definition) is 2. The number of aromatic hydroxyl groups is 1. The Morgan fingerprint density at radius 1 is 1.25 bits per heavy atom. The van der Waals surface area contributed by atoms with Gasteiger partial charge in [-0.15, -0.1) is 0 Å². The van der Waals surface area contributed by atoms with Crippen LogP contribution >= 0.6 is 0 Å². The molecule has 0 heterocycles. The molecule has 0 amide bonds. The van der Waals surface area contributed by atoms with Crippen molar-refractivity contribution in [2.24, 2.45) is 17.3 Å². The third-order valence-corrected chi connectivity index (χ3v) is 6.36. The molecule has 3 aliphatic carbocycles. The fourth-order valence-electron chi connectivity index (χ4n) is 5.18. The Morgan fingerprint density at radius 3 is 2.95 bits per heavy atom. The second-order valence-corrected chi connectivity index (χ2v) is 7.30.